The Labute approximate surface area is 86.9 Å². The minimum absolute atomic E-state index is 0.810. The Morgan fingerprint density at radius 2 is 2.23 bits per heavy atom. The summed E-state index contributed by atoms with van der Waals surface area (Å²) in [6.45, 7) is 0. The zero-order valence-corrected chi connectivity index (χ0v) is 8.68. The van der Waals surface area contributed by atoms with Gasteiger partial charge in [0, 0.05) is 33.5 Å². The Balaban J connectivity index is 2.36. The first-order chi connectivity index (χ1) is 6.40. The SMILES string of the molecule is SCc1ccc(-c2cccnc2)s1. The zero-order valence-electron chi connectivity index (χ0n) is 6.97. The van der Waals surface area contributed by atoms with Crippen LogP contribution in [-0.2, 0) is 5.75 Å². The molecule has 0 aromatic carbocycles. The second-order valence-corrected chi connectivity index (χ2v) is 4.15. The largest absolute Gasteiger partial charge is 0.264 e. The summed E-state index contributed by atoms with van der Waals surface area (Å²) in [6, 6.07) is 8.25. The van der Waals surface area contributed by atoms with Gasteiger partial charge in [-0.1, -0.05) is 6.07 Å². The van der Waals surface area contributed by atoms with Crippen molar-refractivity contribution in [1.82, 2.24) is 4.98 Å². The maximum atomic E-state index is 4.23. The van der Waals surface area contributed by atoms with Gasteiger partial charge in [-0.25, -0.2) is 0 Å². The highest BCUT2D eigenvalue weighted by molar-refractivity contribution is 7.79. The van der Waals surface area contributed by atoms with Gasteiger partial charge in [0.05, 0.1) is 0 Å². The Hall–Kier alpha value is -0.800. The summed E-state index contributed by atoms with van der Waals surface area (Å²) in [5.74, 6) is 0.810. The molecule has 0 spiro atoms. The van der Waals surface area contributed by atoms with E-state index in [0.29, 0.717) is 0 Å². The average Bonchev–Trinajstić information content (AvgIpc) is 2.67. The van der Waals surface area contributed by atoms with Gasteiger partial charge in [-0.2, -0.15) is 12.6 Å². The number of hydrogen-bond acceptors (Lipinski definition) is 3. The van der Waals surface area contributed by atoms with E-state index in [1.807, 2.05) is 12.3 Å². The van der Waals surface area contributed by atoms with E-state index in [1.165, 1.54) is 15.3 Å². The molecule has 3 heteroatoms. The van der Waals surface area contributed by atoms with Crippen molar-refractivity contribution in [3.63, 3.8) is 0 Å². The molecule has 0 aliphatic rings. The number of pyridine rings is 1. The summed E-state index contributed by atoms with van der Waals surface area (Å²) < 4.78 is 0. The fourth-order valence-corrected chi connectivity index (χ4v) is 2.28. The summed E-state index contributed by atoms with van der Waals surface area (Å²) in [6.07, 6.45) is 3.67. The Kier molecular flexibility index (Phi) is 2.66. The molecule has 13 heavy (non-hydrogen) atoms. The molecule has 2 aromatic rings. The van der Waals surface area contributed by atoms with E-state index < -0.39 is 0 Å². The van der Waals surface area contributed by atoms with Gasteiger partial charge in [0.25, 0.3) is 0 Å². The molecule has 0 unspecified atom stereocenters. The zero-order chi connectivity index (χ0) is 9.10. The van der Waals surface area contributed by atoms with Crippen molar-refractivity contribution in [2.75, 3.05) is 0 Å². The number of thiol groups is 1. The van der Waals surface area contributed by atoms with Crippen LogP contribution in [-0.4, -0.2) is 4.98 Å². The molecular formula is C10H9NS2. The molecule has 0 aliphatic carbocycles. The minimum atomic E-state index is 0.810. The van der Waals surface area contributed by atoms with Gasteiger partial charge in [0.15, 0.2) is 0 Å². The fraction of sp³-hybridized carbons (Fsp3) is 0.100. The third-order valence-corrected chi connectivity index (χ3v) is 3.45. The minimum Gasteiger partial charge on any atom is -0.264 e. The van der Waals surface area contributed by atoms with Crippen molar-refractivity contribution in [2.24, 2.45) is 0 Å². The predicted molar refractivity (Wildman–Crippen MR) is 60.2 cm³/mol. The summed E-state index contributed by atoms with van der Waals surface area (Å²) in [5.41, 5.74) is 1.18. The van der Waals surface area contributed by atoms with Gasteiger partial charge in [0.2, 0.25) is 0 Å². The van der Waals surface area contributed by atoms with Crippen molar-refractivity contribution in [1.29, 1.82) is 0 Å². The van der Waals surface area contributed by atoms with Gasteiger partial charge in [0.1, 0.15) is 0 Å². The second kappa shape index (κ2) is 3.94. The van der Waals surface area contributed by atoms with Crippen molar-refractivity contribution in [3.05, 3.63) is 41.5 Å². The predicted octanol–water partition coefficient (Wildman–Crippen LogP) is 3.24. The van der Waals surface area contributed by atoms with Gasteiger partial charge >= 0.3 is 0 Å². The van der Waals surface area contributed by atoms with Crippen LogP contribution in [0.4, 0.5) is 0 Å². The molecule has 2 aromatic heterocycles. The van der Waals surface area contributed by atoms with Crippen LogP contribution in [0.3, 0.4) is 0 Å². The molecule has 0 radical (unpaired) electrons. The maximum absolute atomic E-state index is 4.23. The van der Waals surface area contributed by atoms with Crippen molar-refractivity contribution in [2.45, 2.75) is 5.75 Å². The molecule has 0 N–H and O–H groups in total. The molecule has 2 rings (SSSR count). The monoisotopic (exact) mass is 207 g/mol. The number of rotatable bonds is 2. The quantitative estimate of drug-likeness (QED) is 0.746. The first kappa shape index (κ1) is 8.78. The smallest absolute Gasteiger partial charge is 0.0361 e. The molecular weight excluding hydrogens is 198 g/mol. The van der Waals surface area contributed by atoms with Gasteiger partial charge in [-0.3, -0.25) is 4.98 Å². The van der Waals surface area contributed by atoms with Crippen molar-refractivity contribution >= 4 is 24.0 Å². The van der Waals surface area contributed by atoms with E-state index in [9.17, 15) is 0 Å². The molecule has 0 saturated heterocycles. The van der Waals surface area contributed by atoms with E-state index >= 15 is 0 Å². The molecule has 0 bridgehead atoms. The van der Waals surface area contributed by atoms with E-state index in [1.54, 1.807) is 17.5 Å². The average molecular weight is 207 g/mol. The summed E-state index contributed by atoms with van der Waals surface area (Å²) >= 11 is 6.00. The van der Waals surface area contributed by atoms with Gasteiger partial charge < -0.3 is 0 Å². The lowest BCUT2D eigenvalue weighted by molar-refractivity contribution is 1.33. The van der Waals surface area contributed by atoms with Crippen LogP contribution in [0.5, 0.6) is 0 Å². The van der Waals surface area contributed by atoms with Crippen LogP contribution >= 0.6 is 24.0 Å². The van der Waals surface area contributed by atoms with Crippen LogP contribution in [0.1, 0.15) is 4.88 Å². The molecule has 2 heterocycles. The summed E-state index contributed by atoms with van der Waals surface area (Å²) in [7, 11) is 0. The molecule has 66 valence electrons. The van der Waals surface area contributed by atoms with E-state index in [2.05, 4.69) is 35.8 Å². The van der Waals surface area contributed by atoms with Crippen LogP contribution < -0.4 is 0 Å². The van der Waals surface area contributed by atoms with Crippen LogP contribution in [0.15, 0.2) is 36.7 Å². The highest BCUT2D eigenvalue weighted by atomic mass is 32.1. The molecule has 0 fully saturated rings. The summed E-state index contributed by atoms with van der Waals surface area (Å²) in [4.78, 5) is 6.64. The number of hydrogen-bond donors (Lipinski definition) is 1. The Morgan fingerprint density at radius 1 is 1.31 bits per heavy atom. The highest BCUT2D eigenvalue weighted by Crippen LogP contribution is 2.27. The lowest BCUT2D eigenvalue weighted by atomic mass is 10.2. The third-order valence-electron chi connectivity index (χ3n) is 1.76. The standard InChI is InChI=1S/C10H9NS2/c12-7-9-3-4-10(13-9)8-2-1-5-11-6-8/h1-6,12H,7H2. The fourth-order valence-electron chi connectivity index (χ4n) is 1.13. The van der Waals surface area contributed by atoms with Crippen molar-refractivity contribution < 1.29 is 0 Å². The third kappa shape index (κ3) is 1.92. The van der Waals surface area contributed by atoms with Crippen molar-refractivity contribution in [3.8, 4) is 10.4 Å². The topological polar surface area (TPSA) is 12.9 Å². The van der Waals surface area contributed by atoms with E-state index in [4.69, 9.17) is 0 Å². The van der Waals surface area contributed by atoms with Gasteiger partial charge in [-0.15, -0.1) is 11.3 Å². The number of aromatic nitrogens is 1. The normalized spacial score (nSPS) is 10.2. The van der Waals surface area contributed by atoms with Crippen LogP contribution in [0, 0.1) is 0 Å². The molecule has 0 aliphatic heterocycles. The number of nitrogens with zero attached hydrogens (tertiary/aromatic N) is 1. The molecule has 0 amide bonds. The van der Waals surface area contributed by atoms with Crippen LogP contribution in [0.25, 0.3) is 10.4 Å². The second-order valence-electron chi connectivity index (χ2n) is 2.67. The van der Waals surface area contributed by atoms with Crippen LogP contribution in [0.2, 0.25) is 0 Å². The highest BCUT2D eigenvalue weighted by Gasteiger charge is 2.00. The summed E-state index contributed by atoms with van der Waals surface area (Å²) in [5, 5.41) is 0. The lowest BCUT2D eigenvalue weighted by Gasteiger charge is -1.93. The molecule has 1 nitrogen and oxygen atoms in total. The first-order valence-electron chi connectivity index (χ1n) is 4.00. The molecule has 0 saturated carbocycles. The number of thiophene rings is 1. The van der Waals surface area contributed by atoms with Gasteiger partial charge in [-0.05, 0) is 18.2 Å². The lowest BCUT2D eigenvalue weighted by Crippen LogP contribution is -1.72. The first-order valence-corrected chi connectivity index (χ1v) is 5.45. The Morgan fingerprint density at radius 3 is 2.85 bits per heavy atom. The van der Waals surface area contributed by atoms with E-state index in [-0.39, 0.29) is 0 Å². The Bertz CT molecular complexity index is 381. The molecule has 0 atom stereocenters. The maximum Gasteiger partial charge on any atom is 0.0361 e. The van der Waals surface area contributed by atoms with E-state index in [0.717, 1.165) is 5.75 Å².